The molecule has 0 amide bonds. The van der Waals surface area contributed by atoms with Gasteiger partial charge in [-0.25, -0.2) is 0 Å². The van der Waals surface area contributed by atoms with E-state index in [1.807, 2.05) is 6.92 Å². The Morgan fingerprint density at radius 2 is 2.25 bits per heavy atom. The third-order valence-corrected chi connectivity index (χ3v) is 2.48. The molecule has 1 atom stereocenters. The minimum atomic E-state index is -0.675. The molecular weight excluding hydrogens is 156 g/mol. The van der Waals surface area contributed by atoms with Gasteiger partial charge >= 0.3 is 5.97 Å². The van der Waals surface area contributed by atoms with E-state index in [0.717, 1.165) is 19.6 Å². The van der Waals surface area contributed by atoms with Gasteiger partial charge in [-0.3, -0.25) is 4.79 Å². The summed E-state index contributed by atoms with van der Waals surface area (Å²) in [6.45, 7) is 5.44. The van der Waals surface area contributed by atoms with Crippen molar-refractivity contribution in [3.63, 3.8) is 0 Å². The normalized spacial score (nSPS) is 22.8. The van der Waals surface area contributed by atoms with Gasteiger partial charge in [0, 0.05) is 5.41 Å². The van der Waals surface area contributed by atoms with Crippen LogP contribution in [0.15, 0.2) is 0 Å². The van der Waals surface area contributed by atoms with Crippen LogP contribution in [0.2, 0.25) is 0 Å². The van der Waals surface area contributed by atoms with Gasteiger partial charge in [0.05, 0.1) is 19.1 Å². The van der Waals surface area contributed by atoms with E-state index in [4.69, 9.17) is 9.84 Å². The molecule has 1 saturated heterocycles. The van der Waals surface area contributed by atoms with Crippen LogP contribution >= 0.6 is 0 Å². The summed E-state index contributed by atoms with van der Waals surface area (Å²) in [5.74, 6) is -0.871. The Labute approximate surface area is 72.7 Å². The average Bonchev–Trinajstić information content (AvgIpc) is 1.96. The molecule has 1 heterocycles. The molecule has 0 aromatic rings. The van der Waals surface area contributed by atoms with Gasteiger partial charge in [0.15, 0.2) is 0 Å². The van der Waals surface area contributed by atoms with Crippen molar-refractivity contribution >= 4 is 5.97 Å². The standard InChI is InChI=1S/C9H16O3/c1-3-7(8(10)11)4-9(2)5-12-6-9/h7H,3-6H2,1-2H3,(H,10,11). The number of carboxylic acid groups (broad SMARTS) is 1. The zero-order chi connectivity index (χ0) is 9.19. The molecule has 0 saturated carbocycles. The molecule has 1 N–H and O–H groups in total. The second-order valence-electron chi connectivity index (χ2n) is 3.95. The minimum absolute atomic E-state index is 0.124. The summed E-state index contributed by atoms with van der Waals surface area (Å²) < 4.78 is 5.07. The lowest BCUT2D eigenvalue weighted by Crippen LogP contribution is -2.42. The Balaban J connectivity index is 2.41. The highest BCUT2D eigenvalue weighted by atomic mass is 16.5. The predicted molar refractivity (Wildman–Crippen MR) is 45.0 cm³/mol. The highest BCUT2D eigenvalue weighted by Gasteiger charge is 2.37. The fourth-order valence-corrected chi connectivity index (χ4v) is 1.57. The number of ether oxygens (including phenoxy) is 1. The molecule has 70 valence electrons. The van der Waals surface area contributed by atoms with Crippen LogP contribution in [0.25, 0.3) is 0 Å². The molecule has 0 aromatic heterocycles. The van der Waals surface area contributed by atoms with Crippen LogP contribution in [0.1, 0.15) is 26.7 Å². The number of rotatable bonds is 4. The molecule has 0 spiro atoms. The van der Waals surface area contributed by atoms with E-state index in [0.29, 0.717) is 6.42 Å². The third kappa shape index (κ3) is 1.97. The fraction of sp³-hybridized carbons (Fsp3) is 0.889. The Morgan fingerprint density at radius 1 is 1.67 bits per heavy atom. The topological polar surface area (TPSA) is 46.5 Å². The number of hydrogen-bond donors (Lipinski definition) is 1. The van der Waals surface area contributed by atoms with Gasteiger partial charge in [-0.2, -0.15) is 0 Å². The summed E-state index contributed by atoms with van der Waals surface area (Å²) in [6.07, 6.45) is 1.46. The number of carbonyl (C=O) groups is 1. The van der Waals surface area contributed by atoms with Crippen molar-refractivity contribution in [2.24, 2.45) is 11.3 Å². The van der Waals surface area contributed by atoms with Gasteiger partial charge in [0.2, 0.25) is 0 Å². The van der Waals surface area contributed by atoms with E-state index in [1.54, 1.807) is 0 Å². The average molecular weight is 172 g/mol. The molecule has 0 bridgehead atoms. The molecular formula is C9H16O3. The predicted octanol–water partition coefficient (Wildman–Crippen LogP) is 1.52. The van der Waals surface area contributed by atoms with Crippen LogP contribution in [0.4, 0.5) is 0 Å². The summed E-state index contributed by atoms with van der Waals surface area (Å²) in [6, 6.07) is 0. The van der Waals surface area contributed by atoms with Crippen molar-refractivity contribution in [3.05, 3.63) is 0 Å². The van der Waals surface area contributed by atoms with E-state index in [9.17, 15) is 4.79 Å². The molecule has 0 aromatic carbocycles. The van der Waals surface area contributed by atoms with Gasteiger partial charge in [0.25, 0.3) is 0 Å². The number of aliphatic carboxylic acids is 1. The lowest BCUT2D eigenvalue weighted by Gasteiger charge is -2.39. The lowest BCUT2D eigenvalue weighted by molar-refractivity contribution is -0.150. The molecule has 3 heteroatoms. The monoisotopic (exact) mass is 172 g/mol. The first kappa shape index (κ1) is 9.52. The van der Waals surface area contributed by atoms with E-state index in [2.05, 4.69) is 6.92 Å². The molecule has 0 aliphatic carbocycles. The van der Waals surface area contributed by atoms with Gasteiger partial charge in [-0.15, -0.1) is 0 Å². The van der Waals surface area contributed by atoms with Crippen molar-refractivity contribution in [2.75, 3.05) is 13.2 Å². The highest BCUT2D eigenvalue weighted by molar-refractivity contribution is 5.69. The Bertz CT molecular complexity index is 173. The maximum absolute atomic E-state index is 10.7. The van der Waals surface area contributed by atoms with Gasteiger partial charge < -0.3 is 9.84 Å². The van der Waals surface area contributed by atoms with Crippen LogP contribution in [0.3, 0.4) is 0 Å². The molecule has 1 aliphatic rings. The van der Waals surface area contributed by atoms with Gasteiger partial charge in [-0.05, 0) is 12.8 Å². The molecule has 12 heavy (non-hydrogen) atoms. The Kier molecular flexibility index (Phi) is 2.73. The van der Waals surface area contributed by atoms with Crippen molar-refractivity contribution in [2.45, 2.75) is 26.7 Å². The second-order valence-corrected chi connectivity index (χ2v) is 3.95. The highest BCUT2D eigenvalue weighted by Crippen LogP contribution is 2.34. The molecule has 1 fully saturated rings. The molecule has 1 unspecified atom stereocenters. The van der Waals surface area contributed by atoms with Crippen LogP contribution in [0, 0.1) is 11.3 Å². The summed E-state index contributed by atoms with van der Waals surface area (Å²) in [5.41, 5.74) is 0.124. The number of carboxylic acids is 1. The fourth-order valence-electron chi connectivity index (χ4n) is 1.57. The first-order valence-corrected chi connectivity index (χ1v) is 4.38. The first-order valence-electron chi connectivity index (χ1n) is 4.38. The summed E-state index contributed by atoms with van der Waals surface area (Å²) in [5, 5.41) is 8.82. The Morgan fingerprint density at radius 3 is 2.50 bits per heavy atom. The molecule has 3 nitrogen and oxygen atoms in total. The summed E-state index contributed by atoms with van der Waals surface area (Å²) >= 11 is 0. The van der Waals surface area contributed by atoms with Gasteiger partial charge in [0.1, 0.15) is 0 Å². The van der Waals surface area contributed by atoms with Crippen molar-refractivity contribution in [3.8, 4) is 0 Å². The van der Waals surface area contributed by atoms with Crippen molar-refractivity contribution in [1.29, 1.82) is 0 Å². The third-order valence-electron chi connectivity index (χ3n) is 2.48. The van der Waals surface area contributed by atoms with E-state index in [-0.39, 0.29) is 11.3 Å². The number of hydrogen-bond acceptors (Lipinski definition) is 2. The zero-order valence-electron chi connectivity index (χ0n) is 7.67. The van der Waals surface area contributed by atoms with E-state index in [1.165, 1.54) is 0 Å². The van der Waals surface area contributed by atoms with E-state index < -0.39 is 5.97 Å². The van der Waals surface area contributed by atoms with Gasteiger partial charge in [-0.1, -0.05) is 13.8 Å². The molecule has 1 rings (SSSR count). The maximum Gasteiger partial charge on any atom is 0.306 e. The lowest BCUT2D eigenvalue weighted by atomic mass is 9.78. The smallest absolute Gasteiger partial charge is 0.306 e. The van der Waals surface area contributed by atoms with Crippen molar-refractivity contribution in [1.82, 2.24) is 0 Å². The zero-order valence-corrected chi connectivity index (χ0v) is 7.67. The van der Waals surface area contributed by atoms with Crippen molar-refractivity contribution < 1.29 is 14.6 Å². The maximum atomic E-state index is 10.7. The first-order chi connectivity index (χ1) is 5.57. The summed E-state index contributed by atoms with van der Waals surface area (Å²) in [4.78, 5) is 10.7. The largest absolute Gasteiger partial charge is 0.481 e. The minimum Gasteiger partial charge on any atom is -0.481 e. The van der Waals surface area contributed by atoms with Crippen LogP contribution in [-0.2, 0) is 9.53 Å². The van der Waals surface area contributed by atoms with Crippen LogP contribution in [0.5, 0.6) is 0 Å². The summed E-state index contributed by atoms with van der Waals surface area (Å²) in [7, 11) is 0. The molecule has 1 aliphatic heterocycles. The van der Waals surface area contributed by atoms with E-state index >= 15 is 0 Å². The van der Waals surface area contributed by atoms with Crippen LogP contribution in [-0.4, -0.2) is 24.3 Å². The SMILES string of the molecule is CCC(CC1(C)COC1)C(=O)O. The quantitative estimate of drug-likeness (QED) is 0.699. The Hall–Kier alpha value is -0.570. The second kappa shape index (κ2) is 3.44. The molecule has 0 radical (unpaired) electrons. The van der Waals surface area contributed by atoms with Crippen LogP contribution < -0.4 is 0 Å².